The highest BCUT2D eigenvalue weighted by molar-refractivity contribution is 5.39. The maximum atomic E-state index is 5.62. The van der Waals surface area contributed by atoms with E-state index in [0.717, 1.165) is 17.7 Å². The minimum Gasteiger partial charge on any atom is -0.383 e. The van der Waals surface area contributed by atoms with Crippen molar-refractivity contribution in [1.82, 2.24) is 4.98 Å². The van der Waals surface area contributed by atoms with E-state index in [2.05, 4.69) is 11.9 Å². The van der Waals surface area contributed by atoms with E-state index in [1.807, 2.05) is 19.1 Å². The van der Waals surface area contributed by atoms with Gasteiger partial charge in [-0.15, -0.1) is 0 Å². The molecule has 0 bridgehead atoms. The van der Waals surface area contributed by atoms with Crippen molar-refractivity contribution in [2.24, 2.45) is 0 Å². The fraction of sp³-hybridized carbons (Fsp3) is 0.375. The summed E-state index contributed by atoms with van der Waals surface area (Å²) < 4.78 is 0. The molecule has 2 heteroatoms. The fourth-order valence-corrected chi connectivity index (χ4v) is 0.905. The normalized spacial score (nSPS) is 9.80. The number of nitrogen functional groups attached to an aromatic ring is 1. The predicted molar refractivity (Wildman–Crippen MR) is 42.8 cm³/mol. The summed E-state index contributed by atoms with van der Waals surface area (Å²) in [4.78, 5) is 4.12. The molecule has 0 aliphatic rings. The van der Waals surface area contributed by atoms with Crippen LogP contribution in [0.1, 0.15) is 18.2 Å². The van der Waals surface area contributed by atoms with E-state index in [9.17, 15) is 0 Å². The van der Waals surface area contributed by atoms with Gasteiger partial charge in [-0.3, -0.25) is 0 Å². The Labute approximate surface area is 61.1 Å². The Bertz CT molecular complexity index is 231. The Kier molecular flexibility index (Phi) is 1.90. The lowest BCUT2D eigenvalue weighted by Crippen LogP contribution is -1.97. The highest BCUT2D eigenvalue weighted by atomic mass is 14.8. The summed E-state index contributed by atoms with van der Waals surface area (Å²) in [5.74, 6) is 0.669. The molecule has 10 heavy (non-hydrogen) atoms. The smallest absolute Gasteiger partial charge is 0.126 e. The lowest BCUT2D eigenvalue weighted by Gasteiger charge is -2.00. The lowest BCUT2D eigenvalue weighted by atomic mass is 10.2. The minimum atomic E-state index is 0.669. The molecule has 0 spiro atoms. The topological polar surface area (TPSA) is 38.9 Å². The van der Waals surface area contributed by atoms with Crippen molar-refractivity contribution in [3.05, 3.63) is 23.4 Å². The molecule has 0 aromatic carbocycles. The third-order valence-electron chi connectivity index (χ3n) is 1.53. The second-order valence-electron chi connectivity index (χ2n) is 2.35. The van der Waals surface area contributed by atoms with E-state index in [-0.39, 0.29) is 0 Å². The van der Waals surface area contributed by atoms with Gasteiger partial charge in [0, 0.05) is 5.69 Å². The molecule has 0 fully saturated rings. The number of nitrogens with zero attached hydrogens (tertiary/aromatic N) is 1. The second-order valence-corrected chi connectivity index (χ2v) is 2.35. The maximum Gasteiger partial charge on any atom is 0.126 e. The number of rotatable bonds is 1. The molecule has 1 aromatic heterocycles. The Morgan fingerprint density at radius 1 is 1.50 bits per heavy atom. The minimum absolute atomic E-state index is 0.669. The van der Waals surface area contributed by atoms with Gasteiger partial charge in [-0.25, -0.2) is 4.98 Å². The molecular weight excluding hydrogens is 124 g/mol. The first-order valence-corrected chi connectivity index (χ1v) is 3.46. The van der Waals surface area contributed by atoms with Crippen LogP contribution in [0, 0.1) is 6.92 Å². The van der Waals surface area contributed by atoms with Crippen molar-refractivity contribution in [3.8, 4) is 0 Å². The molecule has 0 saturated heterocycles. The van der Waals surface area contributed by atoms with Gasteiger partial charge in [0.05, 0.1) is 0 Å². The summed E-state index contributed by atoms with van der Waals surface area (Å²) in [5.41, 5.74) is 7.73. The quantitative estimate of drug-likeness (QED) is 0.636. The van der Waals surface area contributed by atoms with Crippen LogP contribution in [-0.2, 0) is 6.42 Å². The predicted octanol–water partition coefficient (Wildman–Crippen LogP) is 1.53. The molecule has 0 unspecified atom stereocenters. The zero-order valence-corrected chi connectivity index (χ0v) is 6.39. The summed E-state index contributed by atoms with van der Waals surface area (Å²) in [5, 5.41) is 0. The van der Waals surface area contributed by atoms with Crippen LogP contribution in [0.4, 0.5) is 5.82 Å². The Balaban J connectivity index is 3.07. The van der Waals surface area contributed by atoms with Gasteiger partial charge in [-0.05, 0) is 25.0 Å². The number of nitrogens with two attached hydrogens (primary N) is 1. The van der Waals surface area contributed by atoms with Crippen molar-refractivity contribution >= 4 is 5.82 Å². The average molecular weight is 136 g/mol. The zero-order valence-electron chi connectivity index (χ0n) is 6.39. The molecule has 0 saturated carbocycles. The van der Waals surface area contributed by atoms with E-state index < -0.39 is 0 Å². The number of aryl methyl sites for hydroxylation is 2. The Morgan fingerprint density at radius 2 is 2.20 bits per heavy atom. The third-order valence-corrected chi connectivity index (χ3v) is 1.53. The van der Waals surface area contributed by atoms with Crippen LogP contribution in [0.2, 0.25) is 0 Å². The van der Waals surface area contributed by atoms with Gasteiger partial charge in [0.1, 0.15) is 5.82 Å². The van der Waals surface area contributed by atoms with Crippen LogP contribution in [-0.4, -0.2) is 4.98 Å². The molecule has 0 aliphatic heterocycles. The molecule has 0 amide bonds. The van der Waals surface area contributed by atoms with Crippen molar-refractivity contribution in [2.75, 3.05) is 5.73 Å². The van der Waals surface area contributed by atoms with E-state index in [0.29, 0.717) is 5.82 Å². The standard InChI is InChI=1S/C8H12N2/c1-3-7-5-4-6(2)10-8(7)9/h4-5H,3H2,1-2H3,(H2,9,10). The first kappa shape index (κ1) is 7.06. The highest BCUT2D eigenvalue weighted by Crippen LogP contribution is 2.08. The summed E-state index contributed by atoms with van der Waals surface area (Å²) in [7, 11) is 0. The van der Waals surface area contributed by atoms with Gasteiger partial charge < -0.3 is 5.73 Å². The zero-order chi connectivity index (χ0) is 7.56. The summed E-state index contributed by atoms with van der Waals surface area (Å²) in [6, 6.07) is 4.01. The number of aromatic nitrogens is 1. The van der Waals surface area contributed by atoms with Crippen LogP contribution < -0.4 is 5.73 Å². The average Bonchev–Trinajstić information content (AvgIpc) is 1.88. The third kappa shape index (κ3) is 1.26. The van der Waals surface area contributed by atoms with Gasteiger partial charge in [-0.2, -0.15) is 0 Å². The molecular formula is C8H12N2. The van der Waals surface area contributed by atoms with Crippen molar-refractivity contribution in [3.63, 3.8) is 0 Å². The molecule has 1 rings (SSSR count). The van der Waals surface area contributed by atoms with Gasteiger partial charge in [0.25, 0.3) is 0 Å². The van der Waals surface area contributed by atoms with Crippen molar-refractivity contribution in [2.45, 2.75) is 20.3 Å². The van der Waals surface area contributed by atoms with Crippen molar-refractivity contribution in [1.29, 1.82) is 0 Å². The maximum absolute atomic E-state index is 5.62. The number of hydrogen-bond donors (Lipinski definition) is 1. The van der Waals surface area contributed by atoms with Crippen molar-refractivity contribution < 1.29 is 0 Å². The van der Waals surface area contributed by atoms with E-state index in [1.165, 1.54) is 0 Å². The highest BCUT2D eigenvalue weighted by Gasteiger charge is 1.95. The van der Waals surface area contributed by atoms with E-state index >= 15 is 0 Å². The monoisotopic (exact) mass is 136 g/mol. The van der Waals surface area contributed by atoms with Crippen LogP contribution >= 0.6 is 0 Å². The Hall–Kier alpha value is -1.05. The first-order chi connectivity index (χ1) is 4.74. The summed E-state index contributed by atoms with van der Waals surface area (Å²) >= 11 is 0. The van der Waals surface area contributed by atoms with Gasteiger partial charge in [-0.1, -0.05) is 13.0 Å². The first-order valence-electron chi connectivity index (χ1n) is 3.46. The molecule has 54 valence electrons. The summed E-state index contributed by atoms with van der Waals surface area (Å²) in [6.07, 6.45) is 0.957. The number of anilines is 1. The van der Waals surface area contributed by atoms with Crippen LogP contribution in [0.25, 0.3) is 0 Å². The molecule has 2 nitrogen and oxygen atoms in total. The van der Waals surface area contributed by atoms with Gasteiger partial charge in [0.15, 0.2) is 0 Å². The van der Waals surface area contributed by atoms with Crippen LogP contribution in [0.5, 0.6) is 0 Å². The van der Waals surface area contributed by atoms with Gasteiger partial charge >= 0.3 is 0 Å². The van der Waals surface area contributed by atoms with Crippen LogP contribution in [0.15, 0.2) is 12.1 Å². The molecule has 0 atom stereocenters. The summed E-state index contributed by atoms with van der Waals surface area (Å²) in [6.45, 7) is 4.01. The number of pyridine rings is 1. The molecule has 0 radical (unpaired) electrons. The van der Waals surface area contributed by atoms with E-state index in [1.54, 1.807) is 0 Å². The molecule has 1 aromatic rings. The second kappa shape index (κ2) is 2.69. The molecule has 2 N–H and O–H groups in total. The number of hydrogen-bond acceptors (Lipinski definition) is 2. The van der Waals surface area contributed by atoms with Crippen LogP contribution in [0.3, 0.4) is 0 Å². The van der Waals surface area contributed by atoms with Gasteiger partial charge in [0.2, 0.25) is 0 Å². The lowest BCUT2D eigenvalue weighted by molar-refractivity contribution is 1.09. The van der Waals surface area contributed by atoms with E-state index in [4.69, 9.17) is 5.73 Å². The fourth-order valence-electron chi connectivity index (χ4n) is 0.905. The molecule has 0 aliphatic carbocycles. The SMILES string of the molecule is CCc1ccc(C)nc1N. The molecule has 1 heterocycles. The largest absolute Gasteiger partial charge is 0.383 e. The Morgan fingerprint density at radius 3 is 2.70 bits per heavy atom.